The summed E-state index contributed by atoms with van der Waals surface area (Å²) < 4.78 is 53.1. The maximum absolute atomic E-state index is 14.1. The van der Waals surface area contributed by atoms with E-state index in [4.69, 9.17) is 0 Å². The minimum absolute atomic E-state index is 0.0185. The Hall–Kier alpha value is -2.59. The first kappa shape index (κ1) is 22.6. The number of benzene rings is 2. The number of sulfone groups is 1. The van der Waals surface area contributed by atoms with Crippen molar-refractivity contribution < 1.29 is 22.0 Å². The summed E-state index contributed by atoms with van der Waals surface area (Å²) in [4.78, 5) is 21.4. The Balaban J connectivity index is 1.56. The molecule has 170 valence electrons. The maximum atomic E-state index is 14.1. The van der Waals surface area contributed by atoms with E-state index in [2.05, 4.69) is 4.98 Å². The molecule has 0 radical (unpaired) electrons. The first-order valence-corrected chi connectivity index (χ1v) is 12.8. The minimum Gasteiger partial charge on any atom is -0.344 e. The van der Waals surface area contributed by atoms with Gasteiger partial charge in [-0.25, -0.2) is 22.2 Å². The first-order valence-electron chi connectivity index (χ1n) is 10.3. The molecule has 6 nitrogen and oxygen atoms in total. The van der Waals surface area contributed by atoms with Gasteiger partial charge in [0.1, 0.15) is 0 Å². The quantitative estimate of drug-likeness (QED) is 0.551. The number of piperazine rings is 1. The van der Waals surface area contributed by atoms with Crippen LogP contribution in [0, 0.1) is 11.6 Å². The summed E-state index contributed by atoms with van der Waals surface area (Å²) in [6, 6.07) is 8.59. The second-order valence-corrected chi connectivity index (χ2v) is 10.9. The third-order valence-corrected chi connectivity index (χ3v) is 8.62. The van der Waals surface area contributed by atoms with E-state index in [0.717, 1.165) is 17.4 Å². The van der Waals surface area contributed by atoms with Gasteiger partial charge in [0.05, 0.1) is 26.4 Å². The van der Waals surface area contributed by atoms with Crippen molar-refractivity contribution in [1.82, 2.24) is 9.88 Å². The Bertz CT molecular complexity index is 1280. The lowest BCUT2D eigenvalue weighted by Crippen LogP contribution is -2.54. The second-order valence-electron chi connectivity index (χ2n) is 7.81. The van der Waals surface area contributed by atoms with E-state index in [-0.39, 0.29) is 32.9 Å². The van der Waals surface area contributed by atoms with E-state index in [9.17, 15) is 22.0 Å². The molecule has 3 aromatic rings. The van der Waals surface area contributed by atoms with Crippen LogP contribution in [0.4, 0.5) is 13.9 Å². The number of anilines is 1. The summed E-state index contributed by atoms with van der Waals surface area (Å²) >= 11 is 1.08. The lowest BCUT2D eigenvalue weighted by Gasteiger charge is -2.40. The van der Waals surface area contributed by atoms with Crippen molar-refractivity contribution >= 4 is 42.4 Å². The smallest absolute Gasteiger partial charge is 0.255 e. The van der Waals surface area contributed by atoms with Gasteiger partial charge < -0.3 is 9.80 Å². The van der Waals surface area contributed by atoms with Crippen molar-refractivity contribution in [2.45, 2.75) is 31.2 Å². The third kappa shape index (κ3) is 4.09. The van der Waals surface area contributed by atoms with Gasteiger partial charge in [0.2, 0.25) is 0 Å². The van der Waals surface area contributed by atoms with Crippen LogP contribution in [0.3, 0.4) is 0 Å². The van der Waals surface area contributed by atoms with Gasteiger partial charge in [-0.05, 0) is 37.6 Å². The highest BCUT2D eigenvalue weighted by atomic mass is 32.2. The predicted molar refractivity (Wildman–Crippen MR) is 121 cm³/mol. The van der Waals surface area contributed by atoms with Crippen LogP contribution in [0.1, 0.15) is 30.6 Å². The Morgan fingerprint density at radius 3 is 2.66 bits per heavy atom. The molecule has 1 aliphatic rings. The molecule has 1 unspecified atom stereocenters. The molecular formula is C22H23F2N3O3S2. The molecule has 0 spiro atoms. The molecule has 1 saturated heterocycles. The van der Waals surface area contributed by atoms with Crippen LogP contribution in [0.2, 0.25) is 0 Å². The van der Waals surface area contributed by atoms with Gasteiger partial charge in [-0.15, -0.1) is 0 Å². The van der Waals surface area contributed by atoms with Crippen molar-refractivity contribution in [2.24, 2.45) is 0 Å². The van der Waals surface area contributed by atoms with Crippen molar-refractivity contribution in [1.29, 1.82) is 0 Å². The van der Waals surface area contributed by atoms with Crippen LogP contribution in [0.5, 0.6) is 0 Å². The Kier molecular flexibility index (Phi) is 6.17. The zero-order valence-electron chi connectivity index (χ0n) is 17.7. The summed E-state index contributed by atoms with van der Waals surface area (Å²) in [6.45, 7) is 4.91. The normalized spacial score (nSPS) is 17.2. The Labute approximate surface area is 189 Å². The molecule has 32 heavy (non-hydrogen) atoms. The lowest BCUT2D eigenvalue weighted by atomic mass is 10.1. The third-order valence-electron chi connectivity index (χ3n) is 5.52. The van der Waals surface area contributed by atoms with Gasteiger partial charge in [-0.3, -0.25) is 4.79 Å². The minimum atomic E-state index is -3.55. The number of thiazole rings is 1. The highest BCUT2D eigenvalue weighted by molar-refractivity contribution is 7.91. The monoisotopic (exact) mass is 479 g/mol. The molecule has 1 amide bonds. The van der Waals surface area contributed by atoms with Gasteiger partial charge in [-0.1, -0.05) is 30.4 Å². The van der Waals surface area contributed by atoms with E-state index in [0.29, 0.717) is 36.7 Å². The van der Waals surface area contributed by atoms with Crippen molar-refractivity contribution in [2.75, 3.05) is 30.3 Å². The summed E-state index contributed by atoms with van der Waals surface area (Å²) in [5, 5.41) is 0.564. The Morgan fingerprint density at radius 1 is 1.19 bits per heavy atom. The highest BCUT2D eigenvalue weighted by Gasteiger charge is 2.32. The number of carbonyl (C=O) groups excluding carboxylic acids is 1. The Morgan fingerprint density at radius 2 is 1.94 bits per heavy atom. The summed E-state index contributed by atoms with van der Waals surface area (Å²) in [5.41, 5.74) is 0.573. The molecule has 10 heteroatoms. The van der Waals surface area contributed by atoms with Gasteiger partial charge in [0.15, 0.2) is 26.6 Å². The molecule has 4 rings (SSSR count). The second kappa shape index (κ2) is 8.74. The van der Waals surface area contributed by atoms with Gasteiger partial charge in [0, 0.05) is 25.7 Å². The number of rotatable bonds is 5. The fourth-order valence-corrected chi connectivity index (χ4v) is 6.50. The number of aromatic nitrogens is 1. The molecule has 1 atom stereocenters. The topological polar surface area (TPSA) is 70.6 Å². The molecule has 0 N–H and O–H groups in total. The average molecular weight is 480 g/mol. The number of halogens is 2. The van der Waals surface area contributed by atoms with E-state index < -0.39 is 21.5 Å². The van der Waals surface area contributed by atoms with Crippen LogP contribution in [-0.4, -0.2) is 55.6 Å². The first-order chi connectivity index (χ1) is 15.2. The number of amides is 1. The molecule has 0 aliphatic carbocycles. The summed E-state index contributed by atoms with van der Waals surface area (Å²) in [7, 11) is -3.55. The van der Waals surface area contributed by atoms with Crippen molar-refractivity contribution in [3.63, 3.8) is 0 Å². The summed E-state index contributed by atoms with van der Waals surface area (Å²) in [6.07, 6.45) is 0.465. The van der Waals surface area contributed by atoms with Crippen molar-refractivity contribution in [3.05, 3.63) is 53.6 Å². The fourth-order valence-electron chi connectivity index (χ4n) is 3.94. The SMILES string of the molecule is CCCS(=O)(=O)c1ccccc1C(=O)N1CCN(c2nc3ccc(F)c(F)c3s2)CC1C. The predicted octanol–water partition coefficient (Wildman–Crippen LogP) is 4.11. The van der Waals surface area contributed by atoms with Crippen LogP contribution >= 0.6 is 11.3 Å². The zero-order valence-corrected chi connectivity index (χ0v) is 19.3. The van der Waals surface area contributed by atoms with E-state index in [1.165, 1.54) is 12.1 Å². The average Bonchev–Trinajstić information content (AvgIpc) is 3.21. The van der Waals surface area contributed by atoms with Crippen LogP contribution in [0.25, 0.3) is 10.2 Å². The molecule has 1 aromatic heterocycles. The van der Waals surface area contributed by atoms with E-state index in [1.807, 2.05) is 11.8 Å². The molecule has 1 fully saturated rings. The van der Waals surface area contributed by atoms with Gasteiger partial charge in [-0.2, -0.15) is 0 Å². The fraction of sp³-hybridized carbons (Fsp3) is 0.364. The van der Waals surface area contributed by atoms with E-state index in [1.54, 1.807) is 30.0 Å². The summed E-state index contributed by atoms with van der Waals surface area (Å²) in [5.74, 6) is -2.16. The molecular weight excluding hydrogens is 456 g/mol. The number of carbonyl (C=O) groups is 1. The van der Waals surface area contributed by atoms with Gasteiger partial charge in [0.25, 0.3) is 5.91 Å². The van der Waals surface area contributed by atoms with Crippen LogP contribution in [-0.2, 0) is 9.84 Å². The molecule has 2 aromatic carbocycles. The number of hydrogen-bond donors (Lipinski definition) is 0. The molecule has 0 bridgehead atoms. The lowest BCUT2D eigenvalue weighted by molar-refractivity contribution is 0.0670. The number of fused-ring (bicyclic) bond motifs is 1. The molecule has 0 saturated carbocycles. The largest absolute Gasteiger partial charge is 0.344 e. The zero-order chi connectivity index (χ0) is 23.0. The number of hydrogen-bond acceptors (Lipinski definition) is 6. The van der Waals surface area contributed by atoms with Crippen LogP contribution in [0.15, 0.2) is 41.3 Å². The van der Waals surface area contributed by atoms with Gasteiger partial charge >= 0.3 is 0 Å². The van der Waals surface area contributed by atoms with Crippen LogP contribution < -0.4 is 4.90 Å². The maximum Gasteiger partial charge on any atom is 0.255 e. The highest BCUT2D eigenvalue weighted by Crippen LogP contribution is 2.33. The molecule has 2 heterocycles. The molecule has 1 aliphatic heterocycles. The van der Waals surface area contributed by atoms with E-state index >= 15 is 0 Å². The standard InChI is InChI=1S/C22H23F2N3O3S2/c1-3-12-32(29,30)18-7-5-4-6-15(18)21(28)27-11-10-26(13-14(27)2)22-25-17-9-8-16(23)19(24)20(17)31-22/h4-9,14H,3,10-13H2,1-2H3. The number of nitrogens with zero attached hydrogens (tertiary/aromatic N) is 3. The van der Waals surface area contributed by atoms with Crippen molar-refractivity contribution in [3.8, 4) is 0 Å².